The van der Waals surface area contributed by atoms with Crippen molar-refractivity contribution in [3.05, 3.63) is 107 Å². The van der Waals surface area contributed by atoms with Crippen LogP contribution in [0.4, 0.5) is 0 Å². The zero-order chi connectivity index (χ0) is 61.2. The molecule has 0 saturated heterocycles. The van der Waals surface area contributed by atoms with E-state index in [2.05, 4.69) is 162 Å². The second-order valence-electron chi connectivity index (χ2n) is 32.6. The number of hydrogen-bond acceptors (Lipinski definition) is 5. The van der Waals surface area contributed by atoms with Gasteiger partial charge in [0.1, 0.15) is 0 Å². The molecule has 0 radical (unpaired) electrons. The lowest BCUT2D eigenvalue weighted by Crippen LogP contribution is -2.68. The number of hydrogen-bond donors (Lipinski definition) is 3. The molecule has 462 valence electrons. The summed E-state index contributed by atoms with van der Waals surface area (Å²) in [5, 5.41) is 13.5. The van der Waals surface area contributed by atoms with Crippen molar-refractivity contribution in [2.45, 2.75) is 224 Å². The van der Waals surface area contributed by atoms with E-state index in [0.29, 0.717) is 79.2 Å². The molecule has 2 aromatic rings. The van der Waals surface area contributed by atoms with E-state index in [1.165, 1.54) is 148 Å². The first-order valence-corrected chi connectivity index (χ1v) is 35.3. The van der Waals surface area contributed by atoms with E-state index < -0.39 is 5.97 Å². The van der Waals surface area contributed by atoms with Gasteiger partial charge in [-0.1, -0.05) is 166 Å². The van der Waals surface area contributed by atoms with Crippen molar-refractivity contribution < 1.29 is 19.4 Å². The van der Waals surface area contributed by atoms with Crippen LogP contribution in [0.5, 0.6) is 0 Å². The molecular formula is C77H113IN2O4. The van der Waals surface area contributed by atoms with E-state index in [-0.39, 0.29) is 27.8 Å². The van der Waals surface area contributed by atoms with Gasteiger partial charge in [-0.2, -0.15) is 0 Å². The number of alkyl halides is 1. The number of allylic oxidation sites excluding steroid dienone is 6. The minimum absolute atomic E-state index is 0.0198. The molecule has 12 rings (SSSR count). The highest BCUT2D eigenvalue weighted by Gasteiger charge is 2.72. The maximum Gasteiger partial charge on any atom is 0.337 e. The van der Waals surface area contributed by atoms with Gasteiger partial charge in [0.05, 0.1) is 18.2 Å². The fourth-order valence-electron chi connectivity index (χ4n) is 24.9. The van der Waals surface area contributed by atoms with Crippen LogP contribution < -0.4 is 11.1 Å². The Labute approximate surface area is 524 Å². The lowest BCUT2D eigenvalue weighted by molar-refractivity contribution is -0.219. The zero-order valence-electron chi connectivity index (χ0n) is 55.2. The summed E-state index contributed by atoms with van der Waals surface area (Å²) in [5.41, 5.74) is 18.8. The number of ether oxygens (including phenoxy) is 1. The number of carbonyl (C=O) groups is 2. The van der Waals surface area contributed by atoms with Gasteiger partial charge in [0, 0.05) is 11.1 Å². The highest BCUT2D eigenvalue weighted by Crippen LogP contribution is 2.79. The van der Waals surface area contributed by atoms with E-state index in [1.54, 1.807) is 12.1 Å². The standard InChI is InChI=1S/C38H55NO2.C37H53NO2.C2H5I/c1-9-39-38-21-16-27(24(2)3)32(38)29-14-15-31-35(6)19-17-28(25-10-12-26(13-11-25)33(40)41)34(4,5)30(35)18-20-37(31,8)36(29,7)22-23-38;1-23(2)26-15-20-37(38)22-21-35(6)28(31(26)37)13-14-30-34(5)18-16-27(24-9-11-25(12-10-24)32(39)40-8)33(3,4)29(34)17-19-36(30,35)7;1-2-3/h10-13,17,27,29-32,39H,2,9,14-16,18-23H2,1,3-8H3,(H,40,41);9-12,16,26,28-31H,1,13-15,17-22,38H2,2-8H3;2H2,1H3/t27-,29+,30-,31+,32+,35-,36+,37+,38-;26-,28+,29-,30+,31+,34-,35+,36+,37-;/m00./s1. The summed E-state index contributed by atoms with van der Waals surface area (Å²) in [6, 6.07) is 15.7. The van der Waals surface area contributed by atoms with Crippen LogP contribution in [0, 0.1) is 102 Å². The van der Waals surface area contributed by atoms with Crippen LogP contribution in [-0.4, -0.2) is 46.2 Å². The van der Waals surface area contributed by atoms with Crippen molar-refractivity contribution in [3.8, 4) is 0 Å². The predicted molar refractivity (Wildman–Crippen MR) is 359 cm³/mol. The van der Waals surface area contributed by atoms with E-state index in [1.807, 2.05) is 24.3 Å². The van der Waals surface area contributed by atoms with Gasteiger partial charge in [0.25, 0.3) is 0 Å². The Morgan fingerprint density at radius 3 is 1.44 bits per heavy atom. The second-order valence-corrected chi connectivity index (χ2v) is 34.1. The highest BCUT2D eigenvalue weighted by molar-refractivity contribution is 14.1. The molecule has 0 aromatic heterocycles. The SMILES string of the molecule is C=C(C)[C@@H]1CC[C@]2(N)CC[C@]3(C)[C@H](CC[C@@H]4[C@@]5(C)CC=C(c6ccc(C(=O)OC)cc6)C(C)(C)[C@@H]5CC[C@]43C)[C@@H]12.C=C(C)[C@@H]1CC[C@]2(NCC)CC[C@]3(C)[C@H](CC[C@@H]4[C@@]5(C)CC=C(c6ccc(C(=O)O)cc6)C(C)(C)[C@@H]5CC[C@]43C)[C@@H]12.CCI. The van der Waals surface area contributed by atoms with Crippen LogP contribution in [-0.2, 0) is 4.74 Å². The van der Waals surface area contributed by atoms with Crippen molar-refractivity contribution in [2.24, 2.45) is 108 Å². The van der Waals surface area contributed by atoms with Crippen LogP contribution in [0.25, 0.3) is 11.1 Å². The Balaban J connectivity index is 0.000000179. The number of methoxy groups -OCH3 is 1. The lowest BCUT2D eigenvalue weighted by Gasteiger charge is -2.72. The molecule has 0 amide bonds. The molecule has 0 aliphatic heterocycles. The van der Waals surface area contributed by atoms with E-state index in [4.69, 9.17) is 10.5 Å². The van der Waals surface area contributed by atoms with Gasteiger partial charge in [0.2, 0.25) is 0 Å². The van der Waals surface area contributed by atoms with Crippen molar-refractivity contribution in [1.82, 2.24) is 5.32 Å². The summed E-state index contributed by atoms with van der Waals surface area (Å²) in [4.78, 5) is 23.5. The van der Waals surface area contributed by atoms with Gasteiger partial charge in [-0.05, 0) is 289 Å². The summed E-state index contributed by atoms with van der Waals surface area (Å²) in [6.45, 7) is 45.2. The Morgan fingerprint density at radius 1 is 0.571 bits per heavy atom. The molecule has 2 aromatic carbocycles. The first kappa shape index (κ1) is 64.0. The molecule has 0 spiro atoms. The molecule has 8 fully saturated rings. The quantitative estimate of drug-likeness (QED) is 0.105. The number of nitrogens with two attached hydrogens (primary N) is 1. The van der Waals surface area contributed by atoms with E-state index in [0.717, 1.165) is 43.1 Å². The number of esters is 1. The Bertz CT molecular complexity index is 2920. The minimum atomic E-state index is -0.853. The Kier molecular flexibility index (Phi) is 17.1. The maximum absolute atomic E-state index is 12.0. The molecule has 84 heavy (non-hydrogen) atoms. The molecule has 10 aliphatic rings. The number of halogens is 1. The number of benzene rings is 2. The highest BCUT2D eigenvalue weighted by atomic mass is 127. The average Bonchev–Trinajstić information content (AvgIpc) is 0.934. The predicted octanol–water partition coefficient (Wildman–Crippen LogP) is 19.7. The fraction of sp³-hybridized carbons (Fsp3) is 0.714. The second kappa shape index (κ2) is 22.5. The number of rotatable bonds is 8. The maximum atomic E-state index is 12.0. The summed E-state index contributed by atoms with van der Waals surface area (Å²) >= 11 is 2.29. The molecule has 10 aliphatic carbocycles. The third kappa shape index (κ3) is 9.49. The van der Waals surface area contributed by atoms with Crippen LogP contribution in [0.3, 0.4) is 0 Å². The number of carboxylic acids is 1. The fourth-order valence-corrected chi connectivity index (χ4v) is 24.9. The normalized spacial score (nSPS) is 43.5. The summed E-state index contributed by atoms with van der Waals surface area (Å²) in [7, 11) is 1.45. The van der Waals surface area contributed by atoms with Crippen LogP contribution >= 0.6 is 22.6 Å². The number of aromatic carboxylic acids is 1. The van der Waals surface area contributed by atoms with Crippen molar-refractivity contribution in [2.75, 3.05) is 18.1 Å². The van der Waals surface area contributed by atoms with E-state index in [9.17, 15) is 14.7 Å². The third-order valence-electron chi connectivity index (χ3n) is 28.9. The van der Waals surface area contributed by atoms with Crippen molar-refractivity contribution in [1.29, 1.82) is 0 Å². The summed E-state index contributed by atoms with van der Waals surface area (Å²) < 4.78 is 6.15. The van der Waals surface area contributed by atoms with Crippen LogP contribution in [0.2, 0.25) is 0 Å². The van der Waals surface area contributed by atoms with Crippen molar-refractivity contribution >= 4 is 45.7 Å². The minimum Gasteiger partial charge on any atom is -0.478 e. The largest absolute Gasteiger partial charge is 0.478 e. The number of fused-ring (bicyclic) bond motifs is 14. The third-order valence-corrected chi connectivity index (χ3v) is 28.9. The average molecular weight is 1260 g/mol. The molecule has 18 atom stereocenters. The van der Waals surface area contributed by atoms with Gasteiger partial charge in [-0.25, -0.2) is 9.59 Å². The molecule has 6 nitrogen and oxygen atoms in total. The first-order valence-electron chi connectivity index (χ1n) is 33.7. The topological polar surface area (TPSA) is 102 Å². The van der Waals surface area contributed by atoms with Gasteiger partial charge >= 0.3 is 11.9 Å². The molecule has 7 heteroatoms. The first-order chi connectivity index (χ1) is 39.4. The molecule has 0 bridgehead atoms. The summed E-state index contributed by atoms with van der Waals surface area (Å²) in [5.74, 6) is 5.71. The van der Waals surface area contributed by atoms with E-state index >= 15 is 0 Å². The molecule has 4 N–H and O–H groups in total. The van der Waals surface area contributed by atoms with Gasteiger partial charge in [-0.15, -0.1) is 0 Å². The molecule has 0 unspecified atom stereocenters. The monoisotopic (exact) mass is 1260 g/mol. The smallest absolute Gasteiger partial charge is 0.337 e. The van der Waals surface area contributed by atoms with Gasteiger partial charge in [-0.3, -0.25) is 0 Å². The van der Waals surface area contributed by atoms with Crippen molar-refractivity contribution in [3.63, 3.8) is 0 Å². The molecule has 0 heterocycles. The number of carbonyl (C=O) groups excluding carboxylic acids is 1. The van der Waals surface area contributed by atoms with Crippen LogP contribution in [0.1, 0.15) is 244 Å². The molecular weight excluding hydrogens is 1140 g/mol. The van der Waals surface area contributed by atoms with Gasteiger partial charge in [0.15, 0.2) is 0 Å². The summed E-state index contributed by atoms with van der Waals surface area (Å²) in [6.07, 6.45) is 28.3. The lowest BCUT2D eigenvalue weighted by atomic mass is 9.33. The number of carboxylic acid groups (broad SMARTS) is 1. The van der Waals surface area contributed by atoms with Gasteiger partial charge < -0.3 is 20.9 Å². The Morgan fingerprint density at radius 2 is 1.00 bits per heavy atom. The molecule has 8 saturated carbocycles. The number of nitrogens with one attached hydrogen (secondary N) is 1. The van der Waals surface area contributed by atoms with Crippen LogP contribution in [0.15, 0.2) is 85.0 Å². The Hall–Kier alpha value is -3.01. The zero-order valence-corrected chi connectivity index (χ0v) is 57.4.